The highest BCUT2D eigenvalue weighted by Crippen LogP contribution is 2.29. The third-order valence-corrected chi connectivity index (χ3v) is 5.56. The molecule has 0 saturated heterocycles. The normalized spacial score (nSPS) is 11.6. The van der Waals surface area contributed by atoms with Crippen molar-refractivity contribution < 1.29 is 4.57 Å². The SMILES string of the molecule is NCCCCCC[n+]1ccccc1/C=C/c1c2ccccc2cc2ccccc12. The molecule has 0 radical (unpaired) electrons. The van der Waals surface area contributed by atoms with Crippen molar-refractivity contribution in [2.24, 2.45) is 5.73 Å². The van der Waals surface area contributed by atoms with Crippen molar-refractivity contribution in [2.45, 2.75) is 32.2 Å². The van der Waals surface area contributed by atoms with Crippen molar-refractivity contribution in [1.82, 2.24) is 0 Å². The summed E-state index contributed by atoms with van der Waals surface area (Å²) in [6.07, 6.45) is 11.5. The predicted molar refractivity (Wildman–Crippen MR) is 125 cm³/mol. The van der Waals surface area contributed by atoms with Crippen LogP contribution in [0.15, 0.2) is 79.0 Å². The van der Waals surface area contributed by atoms with Gasteiger partial charge in [-0.25, -0.2) is 0 Å². The van der Waals surface area contributed by atoms with Crippen molar-refractivity contribution >= 4 is 33.7 Å². The van der Waals surface area contributed by atoms with Gasteiger partial charge in [0.15, 0.2) is 6.20 Å². The number of fused-ring (bicyclic) bond motifs is 2. The van der Waals surface area contributed by atoms with Crippen LogP contribution in [0.2, 0.25) is 0 Å². The number of unbranched alkanes of at least 4 members (excludes halogenated alkanes) is 3. The van der Waals surface area contributed by atoms with Gasteiger partial charge in [-0.1, -0.05) is 55.0 Å². The molecule has 29 heavy (non-hydrogen) atoms. The Morgan fingerprint density at radius 2 is 1.34 bits per heavy atom. The monoisotopic (exact) mass is 381 g/mol. The van der Waals surface area contributed by atoms with Crippen molar-refractivity contribution in [3.63, 3.8) is 0 Å². The Bertz CT molecular complexity index is 1070. The van der Waals surface area contributed by atoms with Crippen LogP contribution in [0.5, 0.6) is 0 Å². The molecule has 1 heterocycles. The highest BCUT2D eigenvalue weighted by molar-refractivity contribution is 6.07. The number of benzene rings is 3. The van der Waals surface area contributed by atoms with Gasteiger partial charge in [0.25, 0.3) is 0 Å². The molecule has 2 nitrogen and oxygen atoms in total. The first kappa shape index (κ1) is 19.4. The Kier molecular flexibility index (Phi) is 6.33. The third kappa shape index (κ3) is 4.55. The lowest BCUT2D eigenvalue weighted by atomic mass is 9.96. The van der Waals surface area contributed by atoms with E-state index < -0.39 is 0 Å². The average molecular weight is 382 g/mol. The van der Waals surface area contributed by atoms with Crippen LogP contribution in [0, 0.1) is 0 Å². The summed E-state index contributed by atoms with van der Waals surface area (Å²) < 4.78 is 2.35. The summed E-state index contributed by atoms with van der Waals surface area (Å²) in [5, 5.41) is 5.16. The van der Waals surface area contributed by atoms with E-state index in [0.717, 1.165) is 19.5 Å². The Balaban J connectivity index is 1.67. The van der Waals surface area contributed by atoms with E-state index in [1.54, 1.807) is 0 Å². The zero-order chi connectivity index (χ0) is 19.9. The zero-order valence-corrected chi connectivity index (χ0v) is 16.9. The van der Waals surface area contributed by atoms with Gasteiger partial charge >= 0.3 is 0 Å². The van der Waals surface area contributed by atoms with Crippen LogP contribution in [0.4, 0.5) is 0 Å². The quantitative estimate of drug-likeness (QED) is 0.227. The summed E-state index contributed by atoms with van der Waals surface area (Å²) in [7, 11) is 0. The molecule has 0 aliphatic carbocycles. The number of hydrogen-bond donors (Lipinski definition) is 1. The topological polar surface area (TPSA) is 29.9 Å². The van der Waals surface area contributed by atoms with Gasteiger partial charge in [-0.3, -0.25) is 0 Å². The first-order valence-corrected chi connectivity index (χ1v) is 10.6. The van der Waals surface area contributed by atoms with Crippen molar-refractivity contribution in [1.29, 1.82) is 0 Å². The van der Waals surface area contributed by atoms with E-state index in [9.17, 15) is 0 Å². The number of hydrogen-bond acceptors (Lipinski definition) is 1. The van der Waals surface area contributed by atoms with E-state index in [4.69, 9.17) is 5.73 Å². The Morgan fingerprint density at radius 1 is 0.690 bits per heavy atom. The summed E-state index contributed by atoms with van der Waals surface area (Å²) in [6.45, 7) is 1.84. The molecule has 3 aromatic carbocycles. The first-order valence-electron chi connectivity index (χ1n) is 10.6. The van der Waals surface area contributed by atoms with Gasteiger partial charge in [-0.05, 0) is 64.7 Å². The number of aromatic nitrogens is 1. The minimum atomic E-state index is 0.797. The minimum Gasteiger partial charge on any atom is -0.330 e. The second kappa shape index (κ2) is 9.49. The highest BCUT2D eigenvalue weighted by atomic mass is 14.9. The summed E-state index contributed by atoms with van der Waals surface area (Å²) in [6, 6.07) is 26.0. The van der Waals surface area contributed by atoms with E-state index in [-0.39, 0.29) is 0 Å². The van der Waals surface area contributed by atoms with Gasteiger partial charge in [0.05, 0.1) is 0 Å². The summed E-state index contributed by atoms with van der Waals surface area (Å²) in [5.41, 5.74) is 8.13. The lowest BCUT2D eigenvalue weighted by Gasteiger charge is -2.08. The third-order valence-electron chi connectivity index (χ3n) is 5.56. The molecular formula is C27H29N2+. The van der Waals surface area contributed by atoms with Crippen LogP contribution < -0.4 is 10.3 Å². The molecule has 0 atom stereocenters. The summed E-state index contributed by atoms with van der Waals surface area (Å²) in [5.74, 6) is 0. The Labute approximate surface area is 173 Å². The fourth-order valence-corrected chi connectivity index (χ4v) is 4.02. The average Bonchev–Trinajstić information content (AvgIpc) is 2.77. The van der Waals surface area contributed by atoms with Crippen molar-refractivity contribution in [2.75, 3.05) is 6.54 Å². The number of rotatable bonds is 8. The molecule has 1 aromatic heterocycles. The molecule has 0 spiro atoms. The molecule has 0 unspecified atom stereocenters. The standard InChI is InChI=1S/C27H29N2/c28-18-8-1-2-9-19-29-20-10-7-13-24(29)16-17-27-25-14-5-3-11-22(25)21-23-12-4-6-15-26(23)27/h3-7,10-17,20-21H,1-2,8-9,18-19,28H2/q+1/b17-16+. The molecule has 146 valence electrons. The van der Waals surface area contributed by atoms with Crippen molar-refractivity contribution in [3.05, 3.63) is 90.3 Å². The number of nitrogens with zero attached hydrogens (tertiary/aromatic N) is 1. The molecular weight excluding hydrogens is 352 g/mol. The Hall–Kier alpha value is -2.97. The van der Waals surface area contributed by atoms with Gasteiger partial charge in [-0.15, -0.1) is 0 Å². The largest absolute Gasteiger partial charge is 0.330 e. The second-order valence-corrected chi connectivity index (χ2v) is 7.59. The highest BCUT2D eigenvalue weighted by Gasteiger charge is 2.08. The lowest BCUT2D eigenvalue weighted by molar-refractivity contribution is -0.699. The molecule has 0 aliphatic heterocycles. The van der Waals surface area contributed by atoms with Crippen LogP contribution in [0.1, 0.15) is 36.9 Å². The van der Waals surface area contributed by atoms with Crippen LogP contribution >= 0.6 is 0 Å². The maximum absolute atomic E-state index is 5.61. The molecule has 2 N–H and O–H groups in total. The fraction of sp³-hybridized carbons (Fsp3) is 0.222. The first-order chi connectivity index (χ1) is 14.4. The van der Waals surface area contributed by atoms with Crippen LogP contribution in [0.25, 0.3) is 33.7 Å². The summed E-state index contributed by atoms with van der Waals surface area (Å²) >= 11 is 0. The Morgan fingerprint density at radius 3 is 2.07 bits per heavy atom. The van der Waals surface area contributed by atoms with E-state index in [1.807, 2.05) is 0 Å². The fourth-order valence-electron chi connectivity index (χ4n) is 4.02. The number of nitrogens with two attached hydrogens (primary N) is 1. The molecule has 0 saturated carbocycles. The van der Waals surface area contributed by atoms with Crippen molar-refractivity contribution in [3.8, 4) is 0 Å². The van der Waals surface area contributed by atoms with Gasteiger partial charge in [0.2, 0.25) is 5.69 Å². The van der Waals surface area contributed by atoms with Gasteiger partial charge in [0.1, 0.15) is 6.54 Å². The van der Waals surface area contributed by atoms with Crippen LogP contribution in [-0.4, -0.2) is 6.54 Å². The molecule has 2 heteroatoms. The molecule has 0 amide bonds. The van der Waals surface area contributed by atoms with E-state index in [0.29, 0.717) is 0 Å². The smallest absolute Gasteiger partial charge is 0.205 e. The molecule has 4 aromatic rings. The number of pyridine rings is 1. The molecule has 0 aliphatic rings. The van der Waals surface area contributed by atoms with E-state index in [2.05, 4.69) is 95.7 Å². The van der Waals surface area contributed by atoms with E-state index in [1.165, 1.54) is 52.1 Å². The maximum atomic E-state index is 5.61. The van der Waals surface area contributed by atoms with Gasteiger partial charge in [-0.2, -0.15) is 4.57 Å². The minimum absolute atomic E-state index is 0.797. The van der Waals surface area contributed by atoms with Gasteiger partial charge in [0, 0.05) is 24.6 Å². The maximum Gasteiger partial charge on any atom is 0.205 e. The second-order valence-electron chi connectivity index (χ2n) is 7.59. The molecule has 0 bridgehead atoms. The van der Waals surface area contributed by atoms with Gasteiger partial charge < -0.3 is 5.73 Å². The molecule has 4 rings (SSSR count). The van der Waals surface area contributed by atoms with Crippen LogP contribution in [-0.2, 0) is 6.54 Å². The lowest BCUT2D eigenvalue weighted by Crippen LogP contribution is -2.36. The predicted octanol–water partition coefficient (Wildman–Crippen LogP) is 5.97. The molecule has 0 fully saturated rings. The van der Waals surface area contributed by atoms with Crippen LogP contribution in [0.3, 0.4) is 0 Å². The van der Waals surface area contributed by atoms with E-state index >= 15 is 0 Å². The zero-order valence-electron chi connectivity index (χ0n) is 16.9. The number of aryl methyl sites for hydroxylation is 1. The summed E-state index contributed by atoms with van der Waals surface area (Å²) in [4.78, 5) is 0.